The molecule has 0 N–H and O–H groups in total. The van der Waals surface area contributed by atoms with Gasteiger partial charge in [0.05, 0.1) is 0 Å². The molecule has 2 aromatic rings. The van der Waals surface area contributed by atoms with E-state index in [1.165, 1.54) is 6.92 Å². The number of fused-ring (bicyclic) bond motifs is 1. The van der Waals surface area contributed by atoms with Crippen LogP contribution in [0.5, 0.6) is 5.75 Å². The average Bonchev–Trinajstić information content (AvgIpc) is 2.29. The van der Waals surface area contributed by atoms with Gasteiger partial charge in [-0.1, -0.05) is 28.1 Å². The number of hydrogen-bond acceptors (Lipinski definition) is 2. The summed E-state index contributed by atoms with van der Waals surface area (Å²) < 4.78 is 6.60. The smallest absolute Gasteiger partial charge is 0.169 e. The van der Waals surface area contributed by atoms with Crippen molar-refractivity contribution >= 4 is 32.5 Å². The van der Waals surface area contributed by atoms with Gasteiger partial charge in [0.1, 0.15) is 5.75 Å². The minimum absolute atomic E-state index is 0.0286. The second-order valence-corrected chi connectivity index (χ2v) is 4.94. The van der Waals surface area contributed by atoms with Gasteiger partial charge in [-0.2, -0.15) is 0 Å². The minimum atomic E-state index is -0.400. The molecule has 0 fully saturated rings. The molecule has 0 aromatic heterocycles. The van der Waals surface area contributed by atoms with E-state index in [4.69, 9.17) is 4.74 Å². The van der Waals surface area contributed by atoms with Crippen molar-refractivity contribution in [1.29, 1.82) is 0 Å². The number of carbonyl (C=O) groups excluding carboxylic acids is 1. The molecule has 17 heavy (non-hydrogen) atoms. The average molecular weight is 293 g/mol. The Balaban J connectivity index is 2.32. The molecule has 0 saturated heterocycles. The lowest BCUT2D eigenvalue weighted by Crippen LogP contribution is -2.20. The Kier molecular flexibility index (Phi) is 3.48. The maximum absolute atomic E-state index is 11.1. The van der Waals surface area contributed by atoms with Gasteiger partial charge in [-0.25, -0.2) is 0 Å². The van der Waals surface area contributed by atoms with Crippen molar-refractivity contribution in [3.05, 3.63) is 40.9 Å². The summed E-state index contributed by atoms with van der Waals surface area (Å²) in [5.74, 6) is 0.753. The van der Waals surface area contributed by atoms with E-state index in [1.54, 1.807) is 6.92 Å². The maximum Gasteiger partial charge on any atom is 0.169 e. The molecule has 0 unspecified atom stereocenters. The van der Waals surface area contributed by atoms with Crippen LogP contribution in [0.1, 0.15) is 13.8 Å². The second kappa shape index (κ2) is 4.88. The lowest BCUT2D eigenvalue weighted by molar-refractivity contribution is -0.122. The van der Waals surface area contributed by atoms with E-state index in [2.05, 4.69) is 15.9 Å². The number of benzene rings is 2. The highest BCUT2D eigenvalue weighted by molar-refractivity contribution is 9.10. The molecule has 0 spiro atoms. The molecule has 0 heterocycles. The van der Waals surface area contributed by atoms with Crippen LogP contribution in [0.15, 0.2) is 40.9 Å². The second-order valence-electron chi connectivity index (χ2n) is 4.02. The van der Waals surface area contributed by atoms with E-state index in [0.29, 0.717) is 0 Å². The number of rotatable bonds is 3. The van der Waals surface area contributed by atoms with Crippen molar-refractivity contribution in [3.63, 3.8) is 0 Å². The highest BCUT2D eigenvalue weighted by atomic mass is 79.9. The molecule has 0 radical (unpaired) electrons. The summed E-state index contributed by atoms with van der Waals surface area (Å²) in [6.07, 6.45) is -0.400. The normalized spacial score (nSPS) is 12.4. The Morgan fingerprint density at radius 1 is 1.18 bits per heavy atom. The van der Waals surface area contributed by atoms with Gasteiger partial charge in [0.25, 0.3) is 0 Å². The molecule has 2 rings (SSSR count). The molecular formula is C14H13BrO2. The summed E-state index contributed by atoms with van der Waals surface area (Å²) in [5.41, 5.74) is 0. The first kappa shape index (κ1) is 12.1. The van der Waals surface area contributed by atoms with Gasteiger partial charge >= 0.3 is 0 Å². The summed E-state index contributed by atoms with van der Waals surface area (Å²) in [6, 6.07) is 11.9. The lowest BCUT2D eigenvalue weighted by atomic mass is 10.1. The van der Waals surface area contributed by atoms with Crippen LogP contribution in [0.25, 0.3) is 10.8 Å². The van der Waals surface area contributed by atoms with Crippen LogP contribution in [-0.2, 0) is 4.79 Å². The zero-order valence-corrected chi connectivity index (χ0v) is 11.3. The third-order valence-corrected chi connectivity index (χ3v) is 3.15. The van der Waals surface area contributed by atoms with Gasteiger partial charge < -0.3 is 4.74 Å². The van der Waals surface area contributed by atoms with Crippen LogP contribution in [0, 0.1) is 0 Å². The van der Waals surface area contributed by atoms with Crippen molar-refractivity contribution in [2.24, 2.45) is 0 Å². The largest absolute Gasteiger partial charge is 0.483 e. The van der Waals surface area contributed by atoms with E-state index >= 15 is 0 Å². The highest BCUT2D eigenvalue weighted by Gasteiger charge is 2.09. The SMILES string of the molecule is CC(=O)[C@H](C)Oc1ccc2cc(Br)ccc2c1. The van der Waals surface area contributed by atoms with Crippen LogP contribution >= 0.6 is 15.9 Å². The van der Waals surface area contributed by atoms with Crippen LogP contribution in [-0.4, -0.2) is 11.9 Å². The van der Waals surface area contributed by atoms with Gasteiger partial charge in [-0.15, -0.1) is 0 Å². The van der Waals surface area contributed by atoms with Gasteiger partial charge in [-0.3, -0.25) is 4.79 Å². The van der Waals surface area contributed by atoms with Crippen molar-refractivity contribution in [2.45, 2.75) is 20.0 Å². The first-order valence-corrected chi connectivity index (χ1v) is 6.22. The van der Waals surface area contributed by atoms with E-state index in [1.807, 2.05) is 36.4 Å². The van der Waals surface area contributed by atoms with Crippen molar-refractivity contribution in [1.82, 2.24) is 0 Å². The first-order chi connectivity index (χ1) is 8.06. The minimum Gasteiger partial charge on any atom is -0.483 e. The number of carbonyl (C=O) groups is 1. The Morgan fingerprint density at radius 3 is 2.53 bits per heavy atom. The molecule has 88 valence electrons. The number of ketones is 1. The molecule has 0 saturated carbocycles. The highest BCUT2D eigenvalue weighted by Crippen LogP contribution is 2.24. The van der Waals surface area contributed by atoms with Gasteiger partial charge in [-0.05, 0) is 48.9 Å². The van der Waals surface area contributed by atoms with Gasteiger partial charge in [0, 0.05) is 4.47 Å². The lowest BCUT2D eigenvalue weighted by Gasteiger charge is -2.12. The molecule has 0 aliphatic rings. The first-order valence-electron chi connectivity index (χ1n) is 5.43. The third-order valence-electron chi connectivity index (χ3n) is 2.66. The number of halogens is 1. The van der Waals surface area contributed by atoms with E-state index in [-0.39, 0.29) is 5.78 Å². The van der Waals surface area contributed by atoms with E-state index in [0.717, 1.165) is 21.0 Å². The van der Waals surface area contributed by atoms with E-state index < -0.39 is 6.10 Å². The summed E-state index contributed by atoms with van der Waals surface area (Å²) in [7, 11) is 0. The third kappa shape index (κ3) is 2.86. The predicted octanol–water partition coefficient (Wildman–Crippen LogP) is 3.96. The molecule has 0 amide bonds. The zero-order chi connectivity index (χ0) is 12.4. The standard InChI is InChI=1S/C14H13BrO2/c1-9(16)10(2)17-14-6-4-11-7-13(15)5-3-12(11)8-14/h3-8,10H,1-2H3/t10-/m0/s1. The zero-order valence-electron chi connectivity index (χ0n) is 9.74. The molecular weight excluding hydrogens is 280 g/mol. The summed E-state index contributed by atoms with van der Waals surface area (Å²) in [4.78, 5) is 11.1. The number of Topliss-reactive ketones (excluding diaryl/α,β-unsaturated/α-hetero) is 1. The molecule has 2 aromatic carbocycles. The predicted molar refractivity (Wildman–Crippen MR) is 72.4 cm³/mol. The molecule has 0 aliphatic carbocycles. The quantitative estimate of drug-likeness (QED) is 0.856. The number of hydrogen-bond donors (Lipinski definition) is 0. The number of ether oxygens (including phenoxy) is 1. The van der Waals surface area contributed by atoms with Crippen LogP contribution in [0.2, 0.25) is 0 Å². The fraction of sp³-hybridized carbons (Fsp3) is 0.214. The maximum atomic E-state index is 11.1. The van der Waals surface area contributed by atoms with Crippen LogP contribution < -0.4 is 4.74 Å². The Bertz CT molecular complexity index is 563. The molecule has 0 bridgehead atoms. The van der Waals surface area contributed by atoms with E-state index in [9.17, 15) is 4.79 Å². The molecule has 2 nitrogen and oxygen atoms in total. The van der Waals surface area contributed by atoms with Gasteiger partial charge in [0.15, 0.2) is 11.9 Å². The Labute approximate surface area is 109 Å². The fourth-order valence-corrected chi connectivity index (χ4v) is 1.93. The monoisotopic (exact) mass is 292 g/mol. The van der Waals surface area contributed by atoms with Crippen LogP contribution in [0.3, 0.4) is 0 Å². The summed E-state index contributed by atoms with van der Waals surface area (Å²) in [6.45, 7) is 3.29. The summed E-state index contributed by atoms with van der Waals surface area (Å²) in [5, 5.41) is 2.24. The van der Waals surface area contributed by atoms with Crippen LogP contribution in [0.4, 0.5) is 0 Å². The molecule has 3 heteroatoms. The van der Waals surface area contributed by atoms with Crippen molar-refractivity contribution in [2.75, 3.05) is 0 Å². The molecule has 1 atom stereocenters. The molecule has 0 aliphatic heterocycles. The van der Waals surface area contributed by atoms with Crippen molar-refractivity contribution in [3.8, 4) is 5.75 Å². The topological polar surface area (TPSA) is 26.3 Å². The Morgan fingerprint density at radius 2 is 1.82 bits per heavy atom. The fourth-order valence-electron chi connectivity index (χ4n) is 1.56. The summed E-state index contributed by atoms with van der Waals surface area (Å²) >= 11 is 3.43. The van der Waals surface area contributed by atoms with Gasteiger partial charge in [0.2, 0.25) is 0 Å². The van der Waals surface area contributed by atoms with Crippen molar-refractivity contribution < 1.29 is 9.53 Å². The Hall–Kier alpha value is -1.35.